The molecule has 2 aromatic heterocycles. The van der Waals surface area contributed by atoms with Crippen LogP contribution in [0.4, 0.5) is 5.69 Å². The standard InChI is InChI=1S/C21H22N4O2/c1-15-18(9-10-23-20(15)17-5-3-2-4-6-17)25-21(27)19-8-7-16(14-24-19)13-22-11-12-26/h2-10,14,22,26H,11-13H2,1H3,(H,23,25,27). The number of carbonyl (C=O) groups is 1. The molecule has 3 rings (SSSR count). The average molecular weight is 362 g/mol. The molecule has 3 N–H and O–H groups in total. The number of aromatic nitrogens is 2. The van der Waals surface area contributed by atoms with Crippen molar-refractivity contribution in [2.45, 2.75) is 13.5 Å². The van der Waals surface area contributed by atoms with Crippen molar-refractivity contribution in [1.82, 2.24) is 15.3 Å². The van der Waals surface area contributed by atoms with E-state index in [1.807, 2.05) is 43.3 Å². The first kappa shape index (κ1) is 18.7. The fourth-order valence-electron chi connectivity index (χ4n) is 2.72. The van der Waals surface area contributed by atoms with Crippen LogP contribution in [0.1, 0.15) is 21.6 Å². The molecule has 6 nitrogen and oxygen atoms in total. The summed E-state index contributed by atoms with van der Waals surface area (Å²) in [6, 6.07) is 15.2. The van der Waals surface area contributed by atoms with Gasteiger partial charge in [-0.2, -0.15) is 0 Å². The van der Waals surface area contributed by atoms with Gasteiger partial charge >= 0.3 is 0 Å². The van der Waals surface area contributed by atoms with Gasteiger partial charge in [0.2, 0.25) is 0 Å². The molecule has 0 saturated carbocycles. The minimum absolute atomic E-state index is 0.0875. The lowest BCUT2D eigenvalue weighted by atomic mass is 10.1. The van der Waals surface area contributed by atoms with Gasteiger partial charge in [-0.1, -0.05) is 36.4 Å². The van der Waals surface area contributed by atoms with E-state index < -0.39 is 0 Å². The van der Waals surface area contributed by atoms with E-state index in [9.17, 15) is 4.79 Å². The minimum Gasteiger partial charge on any atom is -0.395 e. The number of nitrogens with zero attached hydrogens (tertiary/aromatic N) is 2. The Morgan fingerprint density at radius 2 is 1.89 bits per heavy atom. The van der Waals surface area contributed by atoms with Crippen molar-refractivity contribution in [3.63, 3.8) is 0 Å². The Hall–Kier alpha value is -3.09. The second-order valence-corrected chi connectivity index (χ2v) is 6.10. The fourth-order valence-corrected chi connectivity index (χ4v) is 2.72. The van der Waals surface area contributed by atoms with Gasteiger partial charge in [-0.15, -0.1) is 0 Å². The molecule has 6 heteroatoms. The molecule has 2 heterocycles. The molecule has 0 bridgehead atoms. The van der Waals surface area contributed by atoms with Crippen LogP contribution in [0.2, 0.25) is 0 Å². The van der Waals surface area contributed by atoms with Gasteiger partial charge in [-0.05, 0) is 30.2 Å². The summed E-state index contributed by atoms with van der Waals surface area (Å²) in [7, 11) is 0. The van der Waals surface area contributed by atoms with Crippen molar-refractivity contribution in [2.24, 2.45) is 0 Å². The molecule has 0 aliphatic rings. The summed E-state index contributed by atoms with van der Waals surface area (Å²) in [5, 5.41) is 14.8. The van der Waals surface area contributed by atoms with Crippen molar-refractivity contribution in [3.05, 3.63) is 77.7 Å². The van der Waals surface area contributed by atoms with Gasteiger partial charge in [0.1, 0.15) is 5.69 Å². The molecule has 1 aromatic carbocycles. The maximum Gasteiger partial charge on any atom is 0.274 e. The first-order valence-corrected chi connectivity index (χ1v) is 8.78. The Morgan fingerprint density at radius 3 is 2.59 bits per heavy atom. The van der Waals surface area contributed by atoms with Crippen LogP contribution in [0.5, 0.6) is 0 Å². The third-order valence-electron chi connectivity index (χ3n) is 4.17. The van der Waals surface area contributed by atoms with E-state index in [-0.39, 0.29) is 12.5 Å². The predicted octanol–water partition coefficient (Wildman–Crippen LogP) is 2.79. The van der Waals surface area contributed by atoms with Crippen molar-refractivity contribution < 1.29 is 9.90 Å². The molecule has 0 aliphatic heterocycles. The number of aliphatic hydroxyl groups is 1. The summed E-state index contributed by atoms with van der Waals surface area (Å²) in [4.78, 5) is 21.2. The molecule has 1 amide bonds. The fraction of sp³-hybridized carbons (Fsp3) is 0.190. The topological polar surface area (TPSA) is 87.1 Å². The highest BCUT2D eigenvalue weighted by Gasteiger charge is 2.12. The molecule has 3 aromatic rings. The first-order valence-electron chi connectivity index (χ1n) is 8.78. The van der Waals surface area contributed by atoms with Crippen molar-refractivity contribution >= 4 is 11.6 Å². The Balaban J connectivity index is 1.73. The largest absolute Gasteiger partial charge is 0.395 e. The minimum atomic E-state index is -0.266. The van der Waals surface area contributed by atoms with Crippen LogP contribution in [-0.2, 0) is 6.54 Å². The van der Waals surface area contributed by atoms with Crippen LogP contribution in [-0.4, -0.2) is 34.1 Å². The Bertz CT molecular complexity index is 896. The van der Waals surface area contributed by atoms with E-state index >= 15 is 0 Å². The molecular weight excluding hydrogens is 340 g/mol. The van der Waals surface area contributed by atoms with Gasteiger partial charge in [-0.25, -0.2) is 0 Å². The normalized spacial score (nSPS) is 10.6. The van der Waals surface area contributed by atoms with Gasteiger partial charge in [0.05, 0.1) is 12.3 Å². The summed E-state index contributed by atoms with van der Waals surface area (Å²) >= 11 is 0. The van der Waals surface area contributed by atoms with Crippen LogP contribution in [0.3, 0.4) is 0 Å². The number of benzene rings is 1. The Kier molecular flexibility index (Phi) is 6.25. The third kappa shape index (κ3) is 4.75. The van der Waals surface area contributed by atoms with E-state index in [0.717, 1.165) is 22.4 Å². The third-order valence-corrected chi connectivity index (χ3v) is 4.17. The van der Waals surface area contributed by atoms with E-state index in [2.05, 4.69) is 20.6 Å². The smallest absolute Gasteiger partial charge is 0.274 e. The molecule has 0 radical (unpaired) electrons. The van der Waals surface area contributed by atoms with Gasteiger partial charge in [0, 0.05) is 36.7 Å². The number of carbonyl (C=O) groups excluding carboxylic acids is 1. The Morgan fingerprint density at radius 1 is 1.07 bits per heavy atom. The molecule has 0 unspecified atom stereocenters. The van der Waals surface area contributed by atoms with Gasteiger partial charge in [-0.3, -0.25) is 14.8 Å². The highest BCUT2D eigenvalue weighted by atomic mass is 16.3. The summed E-state index contributed by atoms with van der Waals surface area (Å²) in [6.07, 6.45) is 3.35. The second kappa shape index (κ2) is 9.02. The quantitative estimate of drug-likeness (QED) is 0.563. The first-order chi connectivity index (χ1) is 13.2. The van der Waals surface area contributed by atoms with Crippen molar-refractivity contribution in [1.29, 1.82) is 0 Å². The maximum atomic E-state index is 12.5. The van der Waals surface area contributed by atoms with Gasteiger partial charge < -0.3 is 15.7 Å². The summed E-state index contributed by atoms with van der Waals surface area (Å²) in [5.74, 6) is -0.266. The molecule has 0 fully saturated rings. The van der Waals surface area contributed by atoms with Crippen LogP contribution >= 0.6 is 0 Å². The van der Waals surface area contributed by atoms with E-state index in [1.54, 1.807) is 24.5 Å². The second-order valence-electron chi connectivity index (χ2n) is 6.10. The molecular formula is C21H22N4O2. The average Bonchev–Trinajstić information content (AvgIpc) is 2.71. The molecule has 138 valence electrons. The summed E-state index contributed by atoms with van der Waals surface area (Å²) in [5.41, 5.74) is 4.76. The summed E-state index contributed by atoms with van der Waals surface area (Å²) < 4.78 is 0. The van der Waals surface area contributed by atoms with Crippen LogP contribution in [0, 0.1) is 6.92 Å². The SMILES string of the molecule is Cc1c(NC(=O)c2ccc(CNCCO)cn2)ccnc1-c1ccccc1. The van der Waals surface area contributed by atoms with Gasteiger partial charge in [0.25, 0.3) is 5.91 Å². The highest BCUT2D eigenvalue weighted by Crippen LogP contribution is 2.26. The number of aliphatic hydroxyl groups excluding tert-OH is 1. The number of hydrogen-bond acceptors (Lipinski definition) is 5. The number of amides is 1. The molecule has 0 spiro atoms. The maximum absolute atomic E-state index is 12.5. The lowest BCUT2D eigenvalue weighted by Crippen LogP contribution is -2.18. The number of pyridine rings is 2. The lowest BCUT2D eigenvalue weighted by molar-refractivity contribution is 0.102. The number of anilines is 1. The van der Waals surface area contributed by atoms with E-state index in [1.165, 1.54) is 0 Å². The van der Waals surface area contributed by atoms with Crippen molar-refractivity contribution in [3.8, 4) is 11.3 Å². The van der Waals surface area contributed by atoms with E-state index in [4.69, 9.17) is 5.11 Å². The van der Waals surface area contributed by atoms with Crippen LogP contribution in [0.25, 0.3) is 11.3 Å². The lowest BCUT2D eigenvalue weighted by Gasteiger charge is -2.12. The monoisotopic (exact) mass is 362 g/mol. The predicted molar refractivity (Wildman–Crippen MR) is 105 cm³/mol. The number of rotatable bonds is 7. The zero-order valence-electron chi connectivity index (χ0n) is 15.1. The zero-order valence-corrected chi connectivity index (χ0v) is 15.1. The molecule has 0 atom stereocenters. The van der Waals surface area contributed by atoms with Crippen molar-refractivity contribution in [2.75, 3.05) is 18.5 Å². The number of hydrogen-bond donors (Lipinski definition) is 3. The van der Waals surface area contributed by atoms with Gasteiger partial charge in [0.15, 0.2) is 0 Å². The van der Waals surface area contributed by atoms with Crippen LogP contribution < -0.4 is 10.6 Å². The molecule has 0 saturated heterocycles. The highest BCUT2D eigenvalue weighted by molar-refractivity contribution is 6.03. The van der Waals surface area contributed by atoms with E-state index in [0.29, 0.717) is 24.5 Å². The number of nitrogens with one attached hydrogen (secondary N) is 2. The summed E-state index contributed by atoms with van der Waals surface area (Å²) in [6.45, 7) is 3.14. The Labute approximate surface area is 158 Å². The van der Waals surface area contributed by atoms with Crippen LogP contribution in [0.15, 0.2) is 60.9 Å². The molecule has 27 heavy (non-hydrogen) atoms. The zero-order chi connectivity index (χ0) is 19.1. The molecule has 0 aliphatic carbocycles.